The van der Waals surface area contributed by atoms with Gasteiger partial charge in [0.15, 0.2) is 0 Å². The van der Waals surface area contributed by atoms with Crippen LogP contribution < -0.4 is 16.4 Å². The second-order valence-electron chi connectivity index (χ2n) is 7.16. The number of rotatable bonds is 5. The molecular formula is C24H21N5O2. The first-order valence-corrected chi connectivity index (χ1v) is 9.75. The summed E-state index contributed by atoms with van der Waals surface area (Å²) in [5.41, 5.74) is 10.7. The number of nitrogen functional groups attached to an aromatic ring is 1. The van der Waals surface area contributed by atoms with Crippen LogP contribution in [0, 0.1) is 6.92 Å². The fourth-order valence-electron chi connectivity index (χ4n) is 3.27. The van der Waals surface area contributed by atoms with Crippen molar-refractivity contribution >= 4 is 34.1 Å². The minimum Gasteiger partial charge on any atom is -0.398 e. The number of nitrogens with two attached hydrogens (primary N) is 1. The molecule has 4 N–H and O–H groups in total. The molecule has 0 aliphatic carbocycles. The van der Waals surface area contributed by atoms with E-state index in [1.54, 1.807) is 48.7 Å². The van der Waals surface area contributed by atoms with E-state index in [1.165, 1.54) is 6.20 Å². The Morgan fingerprint density at radius 2 is 1.81 bits per heavy atom. The predicted molar refractivity (Wildman–Crippen MR) is 121 cm³/mol. The molecule has 31 heavy (non-hydrogen) atoms. The zero-order chi connectivity index (χ0) is 21.8. The number of anilines is 2. The fraction of sp³-hybridized carbons (Fsp3) is 0.0833. The molecule has 2 aromatic heterocycles. The molecular weight excluding hydrogens is 390 g/mol. The Kier molecular flexibility index (Phi) is 5.57. The molecule has 0 saturated carbocycles. The minimum atomic E-state index is -0.251. The maximum Gasteiger partial charge on any atom is 0.255 e. The molecule has 2 amide bonds. The summed E-state index contributed by atoms with van der Waals surface area (Å²) in [6, 6.07) is 17.8. The van der Waals surface area contributed by atoms with Gasteiger partial charge in [0.2, 0.25) is 0 Å². The first-order valence-electron chi connectivity index (χ1n) is 9.75. The number of fused-ring (bicyclic) bond motifs is 1. The third-order valence-corrected chi connectivity index (χ3v) is 4.79. The summed E-state index contributed by atoms with van der Waals surface area (Å²) >= 11 is 0. The SMILES string of the molecule is Cc1cc(N)c2cc(NC(=O)c3cccc(CNC(=O)c4cccnc4)c3)ccc2n1. The second kappa shape index (κ2) is 8.62. The molecule has 0 aliphatic rings. The van der Waals surface area contributed by atoms with Gasteiger partial charge in [0.25, 0.3) is 11.8 Å². The maximum absolute atomic E-state index is 12.7. The van der Waals surface area contributed by atoms with E-state index in [9.17, 15) is 9.59 Å². The van der Waals surface area contributed by atoms with E-state index in [1.807, 2.05) is 25.1 Å². The van der Waals surface area contributed by atoms with Crippen molar-refractivity contribution in [2.24, 2.45) is 0 Å². The average molecular weight is 411 g/mol. The van der Waals surface area contributed by atoms with E-state index in [4.69, 9.17) is 5.73 Å². The highest BCUT2D eigenvalue weighted by atomic mass is 16.2. The van der Waals surface area contributed by atoms with E-state index in [0.717, 1.165) is 22.2 Å². The van der Waals surface area contributed by atoms with Gasteiger partial charge in [-0.3, -0.25) is 19.6 Å². The summed E-state index contributed by atoms with van der Waals surface area (Å²) in [5, 5.41) is 6.51. The van der Waals surface area contributed by atoms with Crippen molar-refractivity contribution in [2.45, 2.75) is 13.5 Å². The summed E-state index contributed by atoms with van der Waals surface area (Å²) in [7, 11) is 0. The molecule has 7 nitrogen and oxygen atoms in total. The Labute approximate surface area is 179 Å². The zero-order valence-electron chi connectivity index (χ0n) is 16.9. The third-order valence-electron chi connectivity index (χ3n) is 4.79. The van der Waals surface area contributed by atoms with E-state index < -0.39 is 0 Å². The number of nitrogens with one attached hydrogen (secondary N) is 2. The van der Waals surface area contributed by atoms with Crippen molar-refractivity contribution in [1.29, 1.82) is 0 Å². The van der Waals surface area contributed by atoms with Crippen molar-refractivity contribution < 1.29 is 9.59 Å². The topological polar surface area (TPSA) is 110 Å². The molecule has 0 radical (unpaired) electrons. The molecule has 4 rings (SSSR count). The highest BCUT2D eigenvalue weighted by Gasteiger charge is 2.10. The normalized spacial score (nSPS) is 10.6. The summed E-state index contributed by atoms with van der Waals surface area (Å²) < 4.78 is 0. The van der Waals surface area contributed by atoms with Crippen molar-refractivity contribution in [2.75, 3.05) is 11.1 Å². The van der Waals surface area contributed by atoms with E-state index in [2.05, 4.69) is 20.6 Å². The molecule has 0 aliphatic heterocycles. The molecule has 0 unspecified atom stereocenters. The number of carbonyl (C=O) groups excluding carboxylic acids is 2. The van der Waals surface area contributed by atoms with Crippen LogP contribution in [0.25, 0.3) is 10.9 Å². The zero-order valence-corrected chi connectivity index (χ0v) is 16.9. The predicted octanol–water partition coefficient (Wildman–Crippen LogP) is 3.70. The van der Waals surface area contributed by atoms with Gasteiger partial charge in [0, 0.05) is 47.0 Å². The summed E-state index contributed by atoms with van der Waals surface area (Å²) in [5.74, 6) is -0.473. The first-order chi connectivity index (χ1) is 15.0. The van der Waals surface area contributed by atoms with Gasteiger partial charge in [-0.2, -0.15) is 0 Å². The summed E-state index contributed by atoms with van der Waals surface area (Å²) in [6.07, 6.45) is 3.12. The fourth-order valence-corrected chi connectivity index (χ4v) is 3.27. The molecule has 4 aromatic rings. The average Bonchev–Trinajstić information content (AvgIpc) is 2.78. The monoisotopic (exact) mass is 411 g/mol. The van der Waals surface area contributed by atoms with Crippen LogP contribution >= 0.6 is 0 Å². The van der Waals surface area contributed by atoms with Gasteiger partial charge in [-0.1, -0.05) is 12.1 Å². The molecule has 2 heterocycles. The van der Waals surface area contributed by atoms with Crippen LogP contribution in [0.5, 0.6) is 0 Å². The number of hydrogen-bond donors (Lipinski definition) is 3. The van der Waals surface area contributed by atoms with Crippen molar-refractivity contribution in [3.05, 3.63) is 95.4 Å². The lowest BCUT2D eigenvalue weighted by atomic mass is 10.1. The number of aryl methyl sites for hydroxylation is 1. The lowest BCUT2D eigenvalue weighted by molar-refractivity contribution is 0.0950. The number of pyridine rings is 2. The van der Waals surface area contributed by atoms with Crippen LogP contribution in [0.15, 0.2) is 73.1 Å². The quantitative estimate of drug-likeness (QED) is 0.464. The van der Waals surface area contributed by atoms with Crippen LogP contribution in [0.2, 0.25) is 0 Å². The molecule has 154 valence electrons. The number of hydrogen-bond acceptors (Lipinski definition) is 5. The Balaban J connectivity index is 1.46. The third kappa shape index (κ3) is 4.67. The number of benzene rings is 2. The summed E-state index contributed by atoms with van der Waals surface area (Å²) in [6.45, 7) is 2.18. The van der Waals surface area contributed by atoms with Gasteiger partial charge >= 0.3 is 0 Å². The Morgan fingerprint density at radius 1 is 0.968 bits per heavy atom. The Hall–Kier alpha value is -4.26. The maximum atomic E-state index is 12.7. The molecule has 2 aromatic carbocycles. The van der Waals surface area contributed by atoms with Gasteiger partial charge < -0.3 is 16.4 Å². The van der Waals surface area contributed by atoms with Crippen LogP contribution in [0.1, 0.15) is 32.0 Å². The highest BCUT2D eigenvalue weighted by molar-refractivity contribution is 6.05. The number of carbonyl (C=O) groups is 2. The van der Waals surface area contributed by atoms with Gasteiger partial charge in [0.1, 0.15) is 0 Å². The van der Waals surface area contributed by atoms with Gasteiger partial charge in [0.05, 0.1) is 11.1 Å². The van der Waals surface area contributed by atoms with Crippen molar-refractivity contribution in [1.82, 2.24) is 15.3 Å². The molecule has 0 spiro atoms. The van der Waals surface area contributed by atoms with Gasteiger partial charge in [-0.05, 0) is 61.0 Å². The largest absolute Gasteiger partial charge is 0.398 e. The van der Waals surface area contributed by atoms with Crippen LogP contribution in [-0.2, 0) is 6.54 Å². The van der Waals surface area contributed by atoms with Gasteiger partial charge in [-0.25, -0.2) is 0 Å². The highest BCUT2D eigenvalue weighted by Crippen LogP contribution is 2.24. The minimum absolute atomic E-state index is 0.222. The Morgan fingerprint density at radius 3 is 2.61 bits per heavy atom. The summed E-state index contributed by atoms with van der Waals surface area (Å²) in [4.78, 5) is 33.3. The van der Waals surface area contributed by atoms with Crippen LogP contribution in [0.3, 0.4) is 0 Å². The number of amides is 2. The molecule has 0 atom stereocenters. The Bertz CT molecular complexity index is 1270. The van der Waals surface area contributed by atoms with E-state index in [0.29, 0.717) is 29.0 Å². The second-order valence-corrected chi connectivity index (χ2v) is 7.16. The standard InChI is InChI=1S/C24H21N5O2/c1-15-10-21(25)20-12-19(7-8-22(20)28-15)29-24(31)17-5-2-4-16(11-17)13-27-23(30)18-6-3-9-26-14-18/h2-12,14H,13H2,1H3,(H2,25,28)(H,27,30)(H,29,31). The van der Waals surface area contributed by atoms with E-state index >= 15 is 0 Å². The first kappa shape index (κ1) is 20.0. The van der Waals surface area contributed by atoms with Gasteiger partial charge in [-0.15, -0.1) is 0 Å². The van der Waals surface area contributed by atoms with E-state index in [-0.39, 0.29) is 11.8 Å². The molecule has 0 bridgehead atoms. The number of nitrogens with zero attached hydrogens (tertiary/aromatic N) is 2. The smallest absolute Gasteiger partial charge is 0.255 e. The van der Waals surface area contributed by atoms with Crippen molar-refractivity contribution in [3.63, 3.8) is 0 Å². The lowest BCUT2D eigenvalue weighted by Gasteiger charge is -2.10. The lowest BCUT2D eigenvalue weighted by Crippen LogP contribution is -2.23. The number of aromatic nitrogens is 2. The molecule has 0 saturated heterocycles. The van der Waals surface area contributed by atoms with Crippen LogP contribution in [-0.4, -0.2) is 21.8 Å². The van der Waals surface area contributed by atoms with Crippen LogP contribution in [0.4, 0.5) is 11.4 Å². The molecule has 0 fully saturated rings. The molecule has 7 heteroatoms. The van der Waals surface area contributed by atoms with Crippen molar-refractivity contribution in [3.8, 4) is 0 Å².